The lowest BCUT2D eigenvalue weighted by Crippen LogP contribution is -2.33. The van der Waals surface area contributed by atoms with Gasteiger partial charge < -0.3 is 10.6 Å². The molecule has 1 aliphatic heterocycles. The van der Waals surface area contributed by atoms with Crippen molar-refractivity contribution < 1.29 is 4.79 Å². The monoisotopic (exact) mass is 231 g/mol. The van der Waals surface area contributed by atoms with Gasteiger partial charge in [-0.15, -0.1) is 0 Å². The normalized spacial score (nSPS) is 19.6. The van der Waals surface area contributed by atoms with E-state index in [1.807, 2.05) is 25.1 Å². The summed E-state index contributed by atoms with van der Waals surface area (Å²) in [6.45, 7) is 4.65. The van der Waals surface area contributed by atoms with Crippen molar-refractivity contribution in [3.05, 3.63) is 35.4 Å². The molecule has 1 aliphatic rings. The number of rotatable bonds is 3. The predicted octanol–water partition coefficient (Wildman–Crippen LogP) is 2.10. The van der Waals surface area contributed by atoms with Crippen LogP contribution in [0.25, 0.3) is 0 Å². The summed E-state index contributed by atoms with van der Waals surface area (Å²) in [7, 11) is 0. The summed E-state index contributed by atoms with van der Waals surface area (Å²) in [5.74, 6) is 0.401. The molecule has 4 heteroatoms. The Balaban J connectivity index is 2.45. The number of benzene rings is 1. The van der Waals surface area contributed by atoms with Gasteiger partial charge in [0.2, 0.25) is 0 Å². The molecule has 0 radical (unpaired) electrons. The predicted molar refractivity (Wildman–Crippen MR) is 68.0 cm³/mol. The zero-order valence-corrected chi connectivity index (χ0v) is 10.2. The van der Waals surface area contributed by atoms with Crippen molar-refractivity contribution >= 4 is 11.9 Å². The molecule has 1 aromatic rings. The Hall–Kier alpha value is -1.84. The van der Waals surface area contributed by atoms with Gasteiger partial charge in [0, 0.05) is 6.54 Å². The Kier molecular flexibility index (Phi) is 3.13. The number of amides is 2. The molecule has 0 fully saturated rings. The summed E-state index contributed by atoms with van der Waals surface area (Å²) in [5, 5.41) is 0. The molecular formula is C13H17N3O. The lowest BCUT2D eigenvalue weighted by atomic mass is 9.97. The van der Waals surface area contributed by atoms with Crippen LogP contribution in [0.1, 0.15) is 31.0 Å². The van der Waals surface area contributed by atoms with E-state index in [1.165, 1.54) is 5.56 Å². The number of hydrogen-bond donors (Lipinski definition) is 1. The fourth-order valence-corrected chi connectivity index (χ4v) is 2.27. The van der Waals surface area contributed by atoms with Crippen molar-refractivity contribution in [1.29, 1.82) is 0 Å². The Morgan fingerprint density at radius 1 is 1.35 bits per heavy atom. The van der Waals surface area contributed by atoms with Gasteiger partial charge in [-0.2, -0.15) is 4.99 Å². The van der Waals surface area contributed by atoms with Gasteiger partial charge in [-0.3, -0.25) is 0 Å². The molecule has 1 atom stereocenters. The van der Waals surface area contributed by atoms with E-state index in [0.29, 0.717) is 12.4 Å². The number of hydrogen-bond acceptors (Lipinski definition) is 2. The Labute approximate surface area is 101 Å². The van der Waals surface area contributed by atoms with E-state index in [4.69, 9.17) is 5.73 Å². The molecule has 4 nitrogen and oxygen atoms in total. The lowest BCUT2D eigenvalue weighted by molar-refractivity contribution is 0.209. The van der Waals surface area contributed by atoms with Crippen LogP contribution in [-0.4, -0.2) is 23.3 Å². The molecule has 0 aliphatic carbocycles. The largest absolute Gasteiger partial charge is 0.385 e. The fraction of sp³-hybridized carbons (Fsp3) is 0.385. The highest BCUT2D eigenvalue weighted by Crippen LogP contribution is 2.29. The SMILES string of the molecule is CCc1ccccc1C1C(N)=NC(=O)N1CC. The first-order valence-electron chi connectivity index (χ1n) is 5.91. The third-order valence-electron chi connectivity index (χ3n) is 3.13. The van der Waals surface area contributed by atoms with E-state index < -0.39 is 0 Å². The van der Waals surface area contributed by atoms with Gasteiger partial charge in [-0.25, -0.2) is 4.79 Å². The second kappa shape index (κ2) is 4.57. The summed E-state index contributed by atoms with van der Waals surface area (Å²) in [6, 6.07) is 7.64. The van der Waals surface area contributed by atoms with Crippen molar-refractivity contribution in [2.75, 3.05) is 6.54 Å². The summed E-state index contributed by atoms with van der Waals surface area (Å²) in [5.41, 5.74) is 8.18. The minimum atomic E-state index is -0.235. The van der Waals surface area contributed by atoms with Crippen LogP contribution in [0.2, 0.25) is 0 Å². The summed E-state index contributed by atoms with van der Waals surface area (Å²) in [4.78, 5) is 17.2. The van der Waals surface area contributed by atoms with Gasteiger partial charge in [0.1, 0.15) is 11.9 Å². The van der Waals surface area contributed by atoms with Crippen molar-refractivity contribution in [2.24, 2.45) is 10.7 Å². The topological polar surface area (TPSA) is 58.7 Å². The molecule has 2 rings (SSSR count). The van der Waals surface area contributed by atoms with Gasteiger partial charge in [0.05, 0.1) is 0 Å². The maximum Gasteiger partial charge on any atom is 0.346 e. The van der Waals surface area contributed by atoms with Crippen LogP contribution in [0.5, 0.6) is 0 Å². The quantitative estimate of drug-likeness (QED) is 0.866. The number of urea groups is 1. The smallest absolute Gasteiger partial charge is 0.346 e. The van der Waals surface area contributed by atoms with Crippen LogP contribution < -0.4 is 5.73 Å². The van der Waals surface area contributed by atoms with E-state index in [0.717, 1.165) is 12.0 Å². The van der Waals surface area contributed by atoms with E-state index in [-0.39, 0.29) is 12.1 Å². The second-order valence-electron chi connectivity index (χ2n) is 4.06. The number of amidine groups is 1. The number of likely N-dealkylation sites (N-methyl/N-ethyl adjacent to an activating group) is 1. The Morgan fingerprint density at radius 3 is 2.71 bits per heavy atom. The first-order valence-corrected chi connectivity index (χ1v) is 5.91. The maximum atomic E-state index is 11.7. The van der Waals surface area contributed by atoms with Crippen molar-refractivity contribution in [1.82, 2.24) is 4.90 Å². The highest BCUT2D eigenvalue weighted by Gasteiger charge is 2.34. The third-order valence-corrected chi connectivity index (χ3v) is 3.13. The fourth-order valence-electron chi connectivity index (χ4n) is 2.27. The zero-order chi connectivity index (χ0) is 12.4. The summed E-state index contributed by atoms with van der Waals surface area (Å²) >= 11 is 0. The average molecular weight is 231 g/mol. The average Bonchev–Trinajstić information content (AvgIpc) is 2.63. The summed E-state index contributed by atoms with van der Waals surface area (Å²) in [6.07, 6.45) is 0.922. The van der Waals surface area contributed by atoms with E-state index in [9.17, 15) is 4.79 Å². The van der Waals surface area contributed by atoms with Gasteiger partial charge in [0.25, 0.3) is 0 Å². The van der Waals surface area contributed by atoms with Crippen LogP contribution in [0.3, 0.4) is 0 Å². The van der Waals surface area contributed by atoms with Crippen LogP contribution in [0, 0.1) is 0 Å². The molecule has 17 heavy (non-hydrogen) atoms. The highest BCUT2D eigenvalue weighted by molar-refractivity contribution is 6.03. The molecule has 2 amide bonds. The minimum Gasteiger partial charge on any atom is -0.385 e. The molecule has 0 bridgehead atoms. The maximum absolute atomic E-state index is 11.7. The number of aryl methyl sites for hydroxylation is 1. The molecule has 1 aromatic carbocycles. The van der Waals surface area contributed by atoms with Gasteiger partial charge in [-0.1, -0.05) is 31.2 Å². The Morgan fingerprint density at radius 2 is 2.06 bits per heavy atom. The van der Waals surface area contributed by atoms with Crippen LogP contribution in [-0.2, 0) is 6.42 Å². The van der Waals surface area contributed by atoms with Crippen LogP contribution in [0.15, 0.2) is 29.3 Å². The minimum absolute atomic E-state index is 0.191. The standard InChI is InChI=1S/C13H17N3O/c1-3-9-7-5-6-8-10(9)11-12(14)15-13(17)16(11)4-2/h5-8,11H,3-4H2,1-2H3,(H2,14,15,17). The number of carbonyl (C=O) groups excluding carboxylic acids is 1. The van der Waals surface area contributed by atoms with Crippen molar-refractivity contribution in [2.45, 2.75) is 26.3 Å². The van der Waals surface area contributed by atoms with E-state index >= 15 is 0 Å². The number of carbonyl (C=O) groups is 1. The molecule has 0 spiro atoms. The molecule has 1 unspecified atom stereocenters. The third kappa shape index (κ3) is 1.90. The molecular weight excluding hydrogens is 214 g/mol. The molecule has 0 aromatic heterocycles. The van der Waals surface area contributed by atoms with Gasteiger partial charge in [-0.05, 0) is 24.5 Å². The highest BCUT2D eigenvalue weighted by atomic mass is 16.2. The number of aliphatic imine (C=N–C) groups is 1. The molecule has 0 saturated carbocycles. The molecule has 90 valence electrons. The zero-order valence-electron chi connectivity index (χ0n) is 10.2. The molecule has 1 heterocycles. The van der Waals surface area contributed by atoms with Gasteiger partial charge >= 0.3 is 6.03 Å². The summed E-state index contributed by atoms with van der Waals surface area (Å²) < 4.78 is 0. The number of nitrogens with two attached hydrogens (primary N) is 1. The first-order chi connectivity index (χ1) is 8.19. The van der Waals surface area contributed by atoms with Crippen molar-refractivity contribution in [3.8, 4) is 0 Å². The van der Waals surface area contributed by atoms with Crippen LogP contribution >= 0.6 is 0 Å². The van der Waals surface area contributed by atoms with Crippen molar-refractivity contribution in [3.63, 3.8) is 0 Å². The lowest BCUT2D eigenvalue weighted by Gasteiger charge is -2.24. The van der Waals surface area contributed by atoms with E-state index in [1.54, 1.807) is 4.90 Å². The van der Waals surface area contributed by atoms with Crippen LogP contribution in [0.4, 0.5) is 4.79 Å². The second-order valence-corrected chi connectivity index (χ2v) is 4.06. The molecule has 0 saturated heterocycles. The Bertz CT molecular complexity index is 467. The van der Waals surface area contributed by atoms with Gasteiger partial charge in [0.15, 0.2) is 0 Å². The first kappa shape index (κ1) is 11.6. The van der Waals surface area contributed by atoms with E-state index in [2.05, 4.69) is 18.0 Å². The molecule has 2 N–H and O–H groups in total. The number of nitrogens with zero attached hydrogens (tertiary/aromatic N) is 2.